The number of Topliss-reactive ketones (excluding diaryl/α,β-unsaturated/α-hetero) is 1. The number of carbonyl (C=O) groups is 2. The molecule has 0 radical (unpaired) electrons. The number of hydrogen-bond donors (Lipinski definition) is 0. The van der Waals surface area contributed by atoms with E-state index in [-0.39, 0.29) is 18.3 Å². The van der Waals surface area contributed by atoms with E-state index in [0.29, 0.717) is 17.4 Å². The van der Waals surface area contributed by atoms with Crippen LogP contribution in [0.5, 0.6) is 5.75 Å². The van der Waals surface area contributed by atoms with Crippen molar-refractivity contribution >= 4 is 11.7 Å². The number of benzene rings is 1. The third-order valence-corrected chi connectivity index (χ3v) is 3.11. The Kier molecular flexibility index (Phi) is 3.65. The van der Waals surface area contributed by atoms with Crippen molar-refractivity contribution in [2.75, 3.05) is 13.7 Å². The van der Waals surface area contributed by atoms with Crippen LogP contribution in [-0.4, -0.2) is 36.3 Å². The molecular weight excluding hydrogens is 230 g/mol. The Labute approximate surface area is 107 Å². The van der Waals surface area contributed by atoms with E-state index in [1.807, 2.05) is 0 Å². The predicted molar refractivity (Wildman–Crippen MR) is 67.7 cm³/mol. The number of amides is 1. The van der Waals surface area contributed by atoms with Crippen molar-refractivity contribution in [1.29, 1.82) is 0 Å². The molecule has 0 heterocycles. The first-order valence-corrected chi connectivity index (χ1v) is 6.08. The van der Waals surface area contributed by atoms with Gasteiger partial charge in [0, 0.05) is 13.1 Å². The summed E-state index contributed by atoms with van der Waals surface area (Å²) >= 11 is 0. The quantitative estimate of drug-likeness (QED) is 0.746. The molecule has 1 aliphatic rings. The zero-order valence-electron chi connectivity index (χ0n) is 10.7. The second-order valence-corrected chi connectivity index (χ2v) is 4.58. The van der Waals surface area contributed by atoms with Crippen molar-refractivity contribution in [1.82, 2.24) is 4.90 Å². The average molecular weight is 247 g/mol. The Hall–Kier alpha value is -1.84. The molecule has 96 valence electrons. The number of nitrogens with zero attached hydrogens (tertiary/aromatic N) is 1. The van der Waals surface area contributed by atoms with Gasteiger partial charge in [-0.2, -0.15) is 0 Å². The first-order valence-electron chi connectivity index (χ1n) is 6.08. The van der Waals surface area contributed by atoms with Crippen molar-refractivity contribution in [3.8, 4) is 5.75 Å². The number of ether oxygens (including phenoxy) is 1. The van der Waals surface area contributed by atoms with Gasteiger partial charge in [-0.15, -0.1) is 0 Å². The minimum atomic E-state index is -0.0615. The lowest BCUT2D eigenvalue weighted by Crippen LogP contribution is -2.33. The highest BCUT2D eigenvalue weighted by Crippen LogP contribution is 2.25. The molecule has 0 bridgehead atoms. The van der Waals surface area contributed by atoms with Crippen molar-refractivity contribution in [3.63, 3.8) is 0 Å². The third-order valence-electron chi connectivity index (χ3n) is 3.11. The molecule has 1 fully saturated rings. The monoisotopic (exact) mass is 247 g/mol. The summed E-state index contributed by atoms with van der Waals surface area (Å²) in [4.78, 5) is 24.9. The first-order chi connectivity index (χ1) is 8.59. The molecular formula is C14H17NO3. The maximum atomic E-state index is 11.8. The van der Waals surface area contributed by atoms with Gasteiger partial charge in [0.25, 0.3) is 5.91 Å². The zero-order valence-corrected chi connectivity index (χ0v) is 10.7. The molecule has 0 aromatic heterocycles. The van der Waals surface area contributed by atoms with Crippen LogP contribution in [0.15, 0.2) is 24.3 Å². The number of ketones is 1. The Morgan fingerprint density at radius 3 is 2.61 bits per heavy atom. The first kappa shape index (κ1) is 12.6. The molecule has 1 amide bonds. The summed E-state index contributed by atoms with van der Waals surface area (Å²) in [6.07, 6.45) is 2.15. The highest BCUT2D eigenvalue weighted by atomic mass is 16.5. The lowest BCUT2D eigenvalue weighted by Gasteiger charge is -2.17. The van der Waals surface area contributed by atoms with Gasteiger partial charge in [-0.05, 0) is 31.9 Å². The van der Waals surface area contributed by atoms with Gasteiger partial charge in [0.1, 0.15) is 5.75 Å². The molecule has 0 aliphatic heterocycles. The lowest BCUT2D eigenvalue weighted by atomic mass is 10.1. The molecule has 0 N–H and O–H groups in total. The third kappa shape index (κ3) is 2.88. The topological polar surface area (TPSA) is 46.6 Å². The van der Waals surface area contributed by atoms with Gasteiger partial charge in [0.2, 0.25) is 0 Å². The molecule has 4 nitrogen and oxygen atoms in total. The van der Waals surface area contributed by atoms with Gasteiger partial charge < -0.3 is 9.64 Å². The van der Waals surface area contributed by atoms with Gasteiger partial charge in [-0.1, -0.05) is 12.1 Å². The summed E-state index contributed by atoms with van der Waals surface area (Å²) in [5.74, 6) is 0.368. The average Bonchev–Trinajstić information content (AvgIpc) is 3.19. The molecule has 0 unspecified atom stereocenters. The van der Waals surface area contributed by atoms with Crippen molar-refractivity contribution in [2.24, 2.45) is 0 Å². The minimum Gasteiger partial charge on any atom is -0.483 e. The Morgan fingerprint density at radius 1 is 1.33 bits per heavy atom. The number of rotatable bonds is 5. The summed E-state index contributed by atoms with van der Waals surface area (Å²) in [6, 6.07) is 7.36. The fourth-order valence-corrected chi connectivity index (χ4v) is 1.79. The van der Waals surface area contributed by atoms with Gasteiger partial charge in [-0.25, -0.2) is 0 Å². The second-order valence-electron chi connectivity index (χ2n) is 4.58. The highest BCUT2D eigenvalue weighted by molar-refractivity contribution is 5.96. The number of carbonyl (C=O) groups excluding carboxylic acids is 2. The number of hydrogen-bond acceptors (Lipinski definition) is 3. The van der Waals surface area contributed by atoms with E-state index in [1.165, 1.54) is 6.92 Å². The predicted octanol–water partition coefficient (Wildman–Crippen LogP) is 1.89. The summed E-state index contributed by atoms with van der Waals surface area (Å²) < 4.78 is 5.45. The summed E-state index contributed by atoms with van der Waals surface area (Å²) in [5.41, 5.74) is 0.513. The zero-order chi connectivity index (χ0) is 13.1. The fraction of sp³-hybridized carbons (Fsp3) is 0.429. The number of likely N-dealkylation sites (N-methyl/N-ethyl adjacent to an activating group) is 1. The molecule has 1 aromatic rings. The Bertz CT molecular complexity index is 466. The number of para-hydroxylation sites is 1. The van der Waals surface area contributed by atoms with Crippen LogP contribution in [0.2, 0.25) is 0 Å². The van der Waals surface area contributed by atoms with Gasteiger partial charge in [-0.3, -0.25) is 9.59 Å². The standard InChI is InChI=1S/C14H17NO3/c1-10(16)12-5-3-4-6-13(12)18-9-14(17)15(2)11-7-8-11/h3-6,11H,7-9H2,1-2H3. The molecule has 2 rings (SSSR count). The molecule has 18 heavy (non-hydrogen) atoms. The van der Waals surface area contributed by atoms with E-state index in [4.69, 9.17) is 4.74 Å². The molecule has 0 spiro atoms. The molecule has 4 heteroatoms. The van der Waals surface area contributed by atoms with Crippen LogP contribution in [0.4, 0.5) is 0 Å². The van der Waals surface area contributed by atoms with Crippen LogP contribution in [0, 0.1) is 0 Å². The van der Waals surface area contributed by atoms with Gasteiger partial charge in [0.15, 0.2) is 12.4 Å². The molecule has 1 saturated carbocycles. The van der Waals surface area contributed by atoms with E-state index in [0.717, 1.165) is 12.8 Å². The smallest absolute Gasteiger partial charge is 0.260 e. The van der Waals surface area contributed by atoms with Gasteiger partial charge >= 0.3 is 0 Å². The van der Waals surface area contributed by atoms with Crippen LogP contribution in [0.25, 0.3) is 0 Å². The lowest BCUT2D eigenvalue weighted by molar-refractivity contribution is -0.132. The van der Waals surface area contributed by atoms with E-state index >= 15 is 0 Å². The van der Waals surface area contributed by atoms with Crippen LogP contribution < -0.4 is 4.74 Å². The SMILES string of the molecule is CC(=O)c1ccccc1OCC(=O)N(C)C1CC1. The highest BCUT2D eigenvalue weighted by Gasteiger charge is 2.29. The molecule has 1 aromatic carbocycles. The van der Waals surface area contributed by atoms with Crippen LogP contribution in [-0.2, 0) is 4.79 Å². The second kappa shape index (κ2) is 5.21. The Balaban J connectivity index is 1.97. The van der Waals surface area contributed by atoms with E-state index in [2.05, 4.69) is 0 Å². The van der Waals surface area contributed by atoms with E-state index < -0.39 is 0 Å². The molecule has 1 aliphatic carbocycles. The summed E-state index contributed by atoms with van der Waals surface area (Å²) in [6.45, 7) is 1.47. The maximum Gasteiger partial charge on any atom is 0.260 e. The van der Waals surface area contributed by atoms with Crippen molar-refractivity contribution in [2.45, 2.75) is 25.8 Å². The normalized spacial score (nSPS) is 14.1. The van der Waals surface area contributed by atoms with Crippen molar-refractivity contribution in [3.05, 3.63) is 29.8 Å². The van der Waals surface area contributed by atoms with Crippen LogP contribution in [0.3, 0.4) is 0 Å². The van der Waals surface area contributed by atoms with Crippen LogP contribution >= 0.6 is 0 Å². The van der Waals surface area contributed by atoms with E-state index in [9.17, 15) is 9.59 Å². The van der Waals surface area contributed by atoms with Gasteiger partial charge in [0.05, 0.1) is 5.56 Å². The molecule has 0 atom stereocenters. The fourth-order valence-electron chi connectivity index (χ4n) is 1.79. The Morgan fingerprint density at radius 2 is 2.00 bits per heavy atom. The summed E-state index contributed by atoms with van der Waals surface area (Å²) in [5, 5.41) is 0. The minimum absolute atomic E-state index is 0.0166. The largest absolute Gasteiger partial charge is 0.483 e. The van der Waals surface area contributed by atoms with E-state index in [1.54, 1.807) is 36.2 Å². The summed E-state index contributed by atoms with van der Waals surface area (Å²) in [7, 11) is 1.79. The van der Waals surface area contributed by atoms with Crippen LogP contribution in [0.1, 0.15) is 30.1 Å². The van der Waals surface area contributed by atoms with Crippen molar-refractivity contribution < 1.29 is 14.3 Å². The molecule has 0 saturated heterocycles. The maximum absolute atomic E-state index is 11.8.